The monoisotopic (exact) mass is 261 g/mol. The predicted octanol–water partition coefficient (Wildman–Crippen LogP) is 3.27. The maximum atomic E-state index is 11.5. The van der Waals surface area contributed by atoms with Crippen molar-refractivity contribution in [3.63, 3.8) is 0 Å². The number of fused-ring (bicyclic) bond motifs is 1. The second-order valence-electron chi connectivity index (χ2n) is 5.94. The Morgan fingerprint density at radius 3 is 2.58 bits per heavy atom. The van der Waals surface area contributed by atoms with E-state index >= 15 is 0 Å². The fraction of sp³-hybridized carbons (Fsp3) is 0.562. The summed E-state index contributed by atoms with van der Waals surface area (Å²) in [5.74, 6) is 0.552. The van der Waals surface area contributed by atoms with Crippen LogP contribution in [0.3, 0.4) is 0 Å². The van der Waals surface area contributed by atoms with Gasteiger partial charge in [-0.3, -0.25) is 4.79 Å². The molecule has 0 bridgehead atoms. The molecule has 1 amide bonds. The minimum absolute atomic E-state index is 0.0884. The number of benzene rings is 1. The third kappa shape index (κ3) is 2.81. The number of aliphatic hydroxyl groups excluding tert-OH is 1. The zero-order chi connectivity index (χ0) is 14.2. The second kappa shape index (κ2) is 5.33. The Labute approximate surface area is 115 Å². The molecular formula is C16H23NO2. The molecule has 1 aromatic rings. The maximum Gasteiger partial charge on any atom is 0.224 e. The van der Waals surface area contributed by atoms with Gasteiger partial charge in [-0.2, -0.15) is 0 Å². The molecule has 0 fully saturated rings. The molecule has 0 saturated heterocycles. The number of nitrogens with one attached hydrogen (secondary N) is 1. The smallest absolute Gasteiger partial charge is 0.224 e. The molecule has 19 heavy (non-hydrogen) atoms. The van der Waals surface area contributed by atoms with Gasteiger partial charge in [0.2, 0.25) is 5.91 Å². The van der Waals surface area contributed by atoms with Crippen molar-refractivity contribution in [3.8, 4) is 0 Å². The Kier molecular flexibility index (Phi) is 3.95. The van der Waals surface area contributed by atoms with E-state index in [9.17, 15) is 9.90 Å². The van der Waals surface area contributed by atoms with Crippen LogP contribution in [-0.2, 0) is 11.2 Å². The number of hydrogen-bond acceptors (Lipinski definition) is 2. The van der Waals surface area contributed by atoms with E-state index in [0.717, 1.165) is 40.8 Å². The van der Waals surface area contributed by atoms with Gasteiger partial charge in [-0.1, -0.05) is 19.9 Å². The maximum absolute atomic E-state index is 11.5. The van der Waals surface area contributed by atoms with Crippen molar-refractivity contribution < 1.29 is 9.90 Å². The van der Waals surface area contributed by atoms with Crippen LogP contribution in [0.2, 0.25) is 0 Å². The third-order valence-electron chi connectivity index (χ3n) is 3.96. The molecule has 1 aromatic carbocycles. The molecule has 0 aliphatic carbocycles. The Morgan fingerprint density at radius 2 is 1.95 bits per heavy atom. The largest absolute Gasteiger partial charge is 0.388 e. The number of amides is 1. The lowest BCUT2D eigenvalue weighted by atomic mass is 9.88. The highest BCUT2D eigenvalue weighted by Crippen LogP contribution is 2.35. The summed E-state index contributed by atoms with van der Waals surface area (Å²) in [6.07, 6.45) is 1.66. The highest BCUT2D eigenvalue weighted by molar-refractivity contribution is 5.95. The van der Waals surface area contributed by atoms with Crippen molar-refractivity contribution in [2.45, 2.75) is 53.1 Å². The van der Waals surface area contributed by atoms with Crippen molar-refractivity contribution in [1.82, 2.24) is 0 Å². The third-order valence-corrected chi connectivity index (χ3v) is 3.96. The fourth-order valence-corrected chi connectivity index (χ4v) is 2.75. The van der Waals surface area contributed by atoms with Crippen LogP contribution in [0.5, 0.6) is 0 Å². The first-order valence-corrected chi connectivity index (χ1v) is 7.01. The lowest BCUT2D eigenvalue weighted by Crippen LogP contribution is -2.21. The first-order valence-electron chi connectivity index (χ1n) is 7.01. The summed E-state index contributed by atoms with van der Waals surface area (Å²) in [6, 6.07) is 2.07. The minimum atomic E-state index is -0.415. The molecule has 0 saturated carbocycles. The van der Waals surface area contributed by atoms with Crippen LogP contribution in [0.15, 0.2) is 6.07 Å². The summed E-state index contributed by atoms with van der Waals surface area (Å²) in [7, 11) is 0. The van der Waals surface area contributed by atoms with E-state index in [4.69, 9.17) is 0 Å². The van der Waals surface area contributed by atoms with Gasteiger partial charge in [-0.05, 0) is 54.9 Å². The van der Waals surface area contributed by atoms with E-state index in [1.807, 2.05) is 13.8 Å². The number of carbonyl (C=O) groups excluding carboxylic acids is 1. The van der Waals surface area contributed by atoms with Crippen LogP contribution in [0.25, 0.3) is 0 Å². The van der Waals surface area contributed by atoms with Crippen LogP contribution in [0, 0.1) is 19.8 Å². The first-order chi connectivity index (χ1) is 8.90. The van der Waals surface area contributed by atoms with Crippen LogP contribution in [0.1, 0.15) is 55.0 Å². The molecular weight excluding hydrogens is 238 g/mol. The van der Waals surface area contributed by atoms with Gasteiger partial charge >= 0.3 is 0 Å². The quantitative estimate of drug-likeness (QED) is 0.877. The molecule has 1 atom stereocenters. The lowest BCUT2D eigenvalue weighted by Gasteiger charge is -2.25. The number of rotatable bonds is 3. The summed E-state index contributed by atoms with van der Waals surface area (Å²) in [5, 5.41) is 13.3. The average molecular weight is 261 g/mol. The Balaban J connectivity index is 2.42. The summed E-state index contributed by atoms with van der Waals surface area (Å²) in [5.41, 5.74) is 5.30. The van der Waals surface area contributed by atoms with E-state index < -0.39 is 6.10 Å². The van der Waals surface area contributed by atoms with E-state index in [0.29, 0.717) is 12.3 Å². The number of hydrogen-bond donors (Lipinski definition) is 2. The fourth-order valence-electron chi connectivity index (χ4n) is 2.75. The molecule has 3 heteroatoms. The van der Waals surface area contributed by atoms with Crippen molar-refractivity contribution >= 4 is 11.6 Å². The Hall–Kier alpha value is -1.35. The molecule has 0 radical (unpaired) electrons. The van der Waals surface area contributed by atoms with E-state index in [-0.39, 0.29) is 5.91 Å². The molecule has 104 valence electrons. The van der Waals surface area contributed by atoms with Gasteiger partial charge in [-0.25, -0.2) is 0 Å². The van der Waals surface area contributed by atoms with Crippen molar-refractivity contribution in [3.05, 3.63) is 28.3 Å². The molecule has 3 nitrogen and oxygen atoms in total. The van der Waals surface area contributed by atoms with Gasteiger partial charge in [0, 0.05) is 12.1 Å². The lowest BCUT2D eigenvalue weighted by molar-refractivity contribution is -0.116. The predicted molar refractivity (Wildman–Crippen MR) is 77.3 cm³/mol. The van der Waals surface area contributed by atoms with Crippen molar-refractivity contribution in [1.29, 1.82) is 0 Å². The second-order valence-corrected chi connectivity index (χ2v) is 5.94. The molecule has 1 unspecified atom stereocenters. The Morgan fingerprint density at radius 1 is 1.26 bits per heavy atom. The summed E-state index contributed by atoms with van der Waals surface area (Å²) >= 11 is 0. The molecule has 2 rings (SSSR count). The number of aliphatic hydroxyl groups is 1. The van der Waals surface area contributed by atoms with Gasteiger partial charge in [0.05, 0.1) is 6.10 Å². The van der Waals surface area contributed by atoms with E-state index in [2.05, 4.69) is 25.2 Å². The molecule has 1 aliphatic heterocycles. The molecule has 2 N–H and O–H groups in total. The minimum Gasteiger partial charge on any atom is -0.388 e. The normalized spacial score (nSPS) is 16.2. The van der Waals surface area contributed by atoms with Crippen molar-refractivity contribution in [2.75, 3.05) is 5.32 Å². The van der Waals surface area contributed by atoms with Gasteiger partial charge in [0.25, 0.3) is 0 Å². The summed E-state index contributed by atoms with van der Waals surface area (Å²) < 4.78 is 0. The van der Waals surface area contributed by atoms with Crippen LogP contribution < -0.4 is 5.32 Å². The zero-order valence-electron chi connectivity index (χ0n) is 12.2. The van der Waals surface area contributed by atoms with E-state index in [1.165, 1.54) is 0 Å². The van der Waals surface area contributed by atoms with Crippen LogP contribution in [0.4, 0.5) is 5.69 Å². The number of anilines is 1. The molecule has 1 heterocycles. The van der Waals surface area contributed by atoms with Gasteiger partial charge in [-0.15, -0.1) is 0 Å². The standard InChI is InChI=1S/C16H23NO2/c1-9(2)7-14(18)13-8-12-5-6-15(19)17-16(12)11(4)10(13)3/h8-9,14,18H,5-7H2,1-4H3,(H,17,19). The van der Waals surface area contributed by atoms with Gasteiger partial charge < -0.3 is 10.4 Å². The topological polar surface area (TPSA) is 49.3 Å². The summed E-state index contributed by atoms with van der Waals surface area (Å²) in [6.45, 7) is 8.27. The highest BCUT2D eigenvalue weighted by atomic mass is 16.3. The first kappa shape index (κ1) is 14.1. The SMILES string of the molecule is Cc1c(C(O)CC(C)C)cc2c(c1C)NC(=O)CC2. The average Bonchev–Trinajstić information content (AvgIpc) is 2.33. The highest BCUT2D eigenvalue weighted by Gasteiger charge is 2.22. The Bertz CT molecular complexity index is 506. The zero-order valence-corrected chi connectivity index (χ0v) is 12.2. The number of aryl methyl sites for hydroxylation is 1. The van der Waals surface area contributed by atoms with Gasteiger partial charge in [0.1, 0.15) is 0 Å². The van der Waals surface area contributed by atoms with Gasteiger partial charge in [0.15, 0.2) is 0 Å². The molecule has 1 aliphatic rings. The summed E-state index contributed by atoms with van der Waals surface area (Å²) in [4.78, 5) is 11.5. The molecule has 0 spiro atoms. The van der Waals surface area contributed by atoms with Crippen molar-refractivity contribution in [2.24, 2.45) is 5.92 Å². The van der Waals surface area contributed by atoms with E-state index in [1.54, 1.807) is 0 Å². The van der Waals surface area contributed by atoms with Crippen LogP contribution in [-0.4, -0.2) is 11.0 Å². The van der Waals surface area contributed by atoms with Crippen LogP contribution >= 0.6 is 0 Å². The molecule has 0 aromatic heterocycles. The number of carbonyl (C=O) groups is 1.